The summed E-state index contributed by atoms with van der Waals surface area (Å²) in [7, 11) is 0. The van der Waals surface area contributed by atoms with Gasteiger partial charge in [-0.3, -0.25) is 0 Å². The van der Waals surface area contributed by atoms with Crippen molar-refractivity contribution in [1.82, 2.24) is 0 Å². The van der Waals surface area contributed by atoms with Crippen LogP contribution in [0.2, 0.25) is 0 Å². The summed E-state index contributed by atoms with van der Waals surface area (Å²) in [6.45, 7) is 5.83. The molecule has 0 aliphatic carbocycles. The minimum Gasteiger partial charge on any atom is -0.396 e. The largest absolute Gasteiger partial charge is 0.396 e. The van der Waals surface area contributed by atoms with Crippen molar-refractivity contribution in [3.05, 3.63) is 12.2 Å². The fourth-order valence-electron chi connectivity index (χ4n) is 0.558. The van der Waals surface area contributed by atoms with E-state index in [0.29, 0.717) is 0 Å². The molecule has 0 radical (unpaired) electrons. The van der Waals surface area contributed by atoms with Crippen molar-refractivity contribution in [3.63, 3.8) is 0 Å². The van der Waals surface area contributed by atoms with Crippen LogP contribution in [0.25, 0.3) is 0 Å². The molecule has 0 amide bonds. The van der Waals surface area contributed by atoms with E-state index < -0.39 is 0 Å². The van der Waals surface area contributed by atoms with Crippen molar-refractivity contribution in [2.75, 3.05) is 6.61 Å². The molecular formula is C7H15NO. The third-order valence-electron chi connectivity index (χ3n) is 1.31. The van der Waals surface area contributed by atoms with Crippen LogP contribution in [0, 0.1) is 0 Å². The average molecular weight is 129 g/mol. The summed E-state index contributed by atoms with van der Waals surface area (Å²) in [5.41, 5.74) is 6.58. The maximum atomic E-state index is 8.41. The Kier molecular flexibility index (Phi) is 4.36. The SMILES string of the molecule is C=C(C)[C@H](N)CCCO. The topological polar surface area (TPSA) is 46.2 Å². The standard InChI is InChI=1S/C7H15NO/c1-6(2)7(8)4-3-5-9/h7,9H,1,3-5,8H2,2H3/t7-/m1/s1. The number of hydrogen-bond acceptors (Lipinski definition) is 2. The van der Waals surface area contributed by atoms with Crippen molar-refractivity contribution in [2.45, 2.75) is 25.8 Å². The summed E-state index contributed by atoms with van der Waals surface area (Å²) in [6, 6.07) is 0.0668. The number of nitrogens with two attached hydrogens (primary N) is 1. The zero-order valence-electron chi connectivity index (χ0n) is 5.93. The van der Waals surface area contributed by atoms with E-state index in [9.17, 15) is 0 Å². The molecule has 0 aliphatic rings. The predicted molar refractivity (Wildman–Crippen MR) is 39.1 cm³/mol. The molecule has 0 aliphatic heterocycles. The Hall–Kier alpha value is -0.340. The van der Waals surface area contributed by atoms with Gasteiger partial charge in [0, 0.05) is 12.6 Å². The van der Waals surface area contributed by atoms with E-state index in [-0.39, 0.29) is 12.6 Å². The van der Waals surface area contributed by atoms with Gasteiger partial charge in [0.1, 0.15) is 0 Å². The van der Waals surface area contributed by atoms with Crippen molar-refractivity contribution in [3.8, 4) is 0 Å². The Labute approximate surface area is 56.4 Å². The summed E-state index contributed by atoms with van der Waals surface area (Å²) in [4.78, 5) is 0. The van der Waals surface area contributed by atoms with Gasteiger partial charge < -0.3 is 10.8 Å². The predicted octanol–water partition coefficient (Wildman–Crippen LogP) is 0.662. The molecule has 0 saturated heterocycles. The molecule has 0 aromatic heterocycles. The van der Waals surface area contributed by atoms with Crippen LogP contribution in [0.3, 0.4) is 0 Å². The summed E-state index contributed by atoms with van der Waals surface area (Å²) in [6.07, 6.45) is 1.61. The average Bonchev–Trinajstić information content (AvgIpc) is 1.82. The normalized spacial score (nSPS) is 13.2. The van der Waals surface area contributed by atoms with Crippen LogP contribution in [-0.2, 0) is 0 Å². The Morgan fingerprint density at radius 2 is 2.33 bits per heavy atom. The maximum absolute atomic E-state index is 8.41. The fraction of sp³-hybridized carbons (Fsp3) is 0.714. The summed E-state index contributed by atoms with van der Waals surface area (Å²) < 4.78 is 0. The molecule has 0 saturated carbocycles. The fourth-order valence-corrected chi connectivity index (χ4v) is 0.558. The van der Waals surface area contributed by atoms with E-state index in [1.165, 1.54) is 0 Å². The second-order valence-corrected chi connectivity index (χ2v) is 2.32. The van der Waals surface area contributed by atoms with Gasteiger partial charge in [0.25, 0.3) is 0 Å². The number of rotatable bonds is 4. The van der Waals surface area contributed by atoms with Gasteiger partial charge in [-0.25, -0.2) is 0 Å². The van der Waals surface area contributed by atoms with Crippen LogP contribution < -0.4 is 5.73 Å². The minimum atomic E-state index is 0.0668. The van der Waals surface area contributed by atoms with Crippen LogP contribution in [0.4, 0.5) is 0 Å². The molecule has 0 heterocycles. The summed E-state index contributed by atoms with van der Waals surface area (Å²) >= 11 is 0. The van der Waals surface area contributed by atoms with Gasteiger partial charge in [-0.1, -0.05) is 12.2 Å². The second kappa shape index (κ2) is 4.53. The smallest absolute Gasteiger partial charge is 0.0431 e. The molecule has 1 atom stereocenters. The molecule has 0 bridgehead atoms. The third kappa shape index (κ3) is 4.18. The lowest BCUT2D eigenvalue weighted by Gasteiger charge is -2.08. The first-order valence-corrected chi connectivity index (χ1v) is 3.20. The zero-order valence-corrected chi connectivity index (χ0v) is 5.93. The van der Waals surface area contributed by atoms with E-state index >= 15 is 0 Å². The maximum Gasteiger partial charge on any atom is 0.0431 e. The molecule has 0 fully saturated rings. The highest BCUT2D eigenvalue weighted by atomic mass is 16.2. The van der Waals surface area contributed by atoms with Gasteiger partial charge >= 0.3 is 0 Å². The van der Waals surface area contributed by atoms with Crippen LogP contribution in [-0.4, -0.2) is 17.8 Å². The Morgan fingerprint density at radius 3 is 2.67 bits per heavy atom. The molecular weight excluding hydrogens is 114 g/mol. The number of aliphatic hydroxyl groups is 1. The van der Waals surface area contributed by atoms with Crippen LogP contribution >= 0.6 is 0 Å². The van der Waals surface area contributed by atoms with Crippen LogP contribution in [0.15, 0.2) is 12.2 Å². The zero-order chi connectivity index (χ0) is 7.28. The molecule has 0 spiro atoms. The summed E-state index contributed by atoms with van der Waals surface area (Å²) in [5, 5.41) is 8.41. The number of hydrogen-bond donors (Lipinski definition) is 2. The Bertz CT molecular complexity index is 90.9. The lowest BCUT2D eigenvalue weighted by Crippen LogP contribution is -2.20. The highest BCUT2D eigenvalue weighted by molar-refractivity contribution is 4.99. The molecule has 3 N–H and O–H groups in total. The molecule has 2 nitrogen and oxygen atoms in total. The molecule has 0 rings (SSSR count). The molecule has 0 aromatic carbocycles. The Balaban J connectivity index is 3.27. The molecule has 0 aromatic rings. The van der Waals surface area contributed by atoms with Crippen molar-refractivity contribution >= 4 is 0 Å². The van der Waals surface area contributed by atoms with Crippen LogP contribution in [0.5, 0.6) is 0 Å². The second-order valence-electron chi connectivity index (χ2n) is 2.32. The van der Waals surface area contributed by atoms with Gasteiger partial charge in [0.15, 0.2) is 0 Å². The molecule has 9 heavy (non-hydrogen) atoms. The summed E-state index contributed by atoms with van der Waals surface area (Å²) in [5.74, 6) is 0. The first-order chi connectivity index (χ1) is 4.18. The molecule has 2 heteroatoms. The van der Waals surface area contributed by atoms with E-state index in [1.54, 1.807) is 0 Å². The monoisotopic (exact) mass is 129 g/mol. The highest BCUT2D eigenvalue weighted by Gasteiger charge is 1.99. The number of aliphatic hydroxyl groups excluding tert-OH is 1. The minimum absolute atomic E-state index is 0.0668. The van der Waals surface area contributed by atoms with Crippen molar-refractivity contribution in [1.29, 1.82) is 0 Å². The third-order valence-corrected chi connectivity index (χ3v) is 1.31. The van der Waals surface area contributed by atoms with E-state index in [0.717, 1.165) is 18.4 Å². The quantitative estimate of drug-likeness (QED) is 0.548. The molecule has 54 valence electrons. The lowest BCUT2D eigenvalue weighted by molar-refractivity contribution is 0.282. The first-order valence-electron chi connectivity index (χ1n) is 3.20. The van der Waals surface area contributed by atoms with Gasteiger partial charge in [-0.15, -0.1) is 0 Å². The first kappa shape index (κ1) is 8.66. The van der Waals surface area contributed by atoms with Gasteiger partial charge in [0.05, 0.1) is 0 Å². The van der Waals surface area contributed by atoms with Gasteiger partial charge in [0.2, 0.25) is 0 Å². The van der Waals surface area contributed by atoms with E-state index in [4.69, 9.17) is 10.8 Å². The van der Waals surface area contributed by atoms with E-state index in [2.05, 4.69) is 6.58 Å². The Morgan fingerprint density at radius 1 is 1.78 bits per heavy atom. The molecule has 0 unspecified atom stereocenters. The van der Waals surface area contributed by atoms with Crippen molar-refractivity contribution < 1.29 is 5.11 Å². The van der Waals surface area contributed by atoms with Gasteiger partial charge in [-0.2, -0.15) is 0 Å². The highest BCUT2D eigenvalue weighted by Crippen LogP contribution is 2.01. The lowest BCUT2D eigenvalue weighted by atomic mass is 10.1. The van der Waals surface area contributed by atoms with Gasteiger partial charge in [-0.05, 0) is 19.8 Å². The van der Waals surface area contributed by atoms with Crippen molar-refractivity contribution in [2.24, 2.45) is 5.73 Å². The van der Waals surface area contributed by atoms with E-state index in [1.807, 2.05) is 6.92 Å². The van der Waals surface area contributed by atoms with Crippen LogP contribution in [0.1, 0.15) is 19.8 Å².